The minimum Gasteiger partial charge on any atom is -0.480 e. The zero-order chi connectivity index (χ0) is 13.8. The number of carboxylic acids is 1. The Morgan fingerprint density at radius 3 is 2.79 bits per heavy atom. The first-order chi connectivity index (χ1) is 9.09. The number of carbonyl (C=O) groups is 2. The van der Waals surface area contributed by atoms with Crippen molar-refractivity contribution in [2.45, 2.75) is 44.8 Å². The Morgan fingerprint density at radius 1 is 1.37 bits per heavy atom. The first kappa shape index (κ1) is 14.1. The monoisotopic (exact) mass is 270 g/mol. The molecule has 0 bridgehead atoms. The molecule has 0 spiro atoms. The molecule has 0 aromatic rings. The summed E-state index contributed by atoms with van der Waals surface area (Å²) in [5.74, 6) is -0.914. The Morgan fingerprint density at radius 2 is 2.16 bits per heavy atom. The molecule has 6 heteroatoms. The molecule has 3 unspecified atom stereocenters. The minimum atomic E-state index is -0.922. The van der Waals surface area contributed by atoms with E-state index in [4.69, 9.17) is 4.74 Å². The Bertz CT molecular complexity index is 342. The highest BCUT2D eigenvalue weighted by Gasteiger charge is 2.39. The van der Waals surface area contributed by atoms with Crippen LogP contribution in [0.2, 0.25) is 0 Å². The summed E-state index contributed by atoms with van der Waals surface area (Å²) in [6, 6.07) is -0.988. The van der Waals surface area contributed by atoms with Crippen LogP contribution in [0.5, 0.6) is 0 Å². The van der Waals surface area contributed by atoms with Crippen LogP contribution in [0.1, 0.15) is 32.6 Å². The first-order valence-corrected chi connectivity index (χ1v) is 6.98. The Kier molecular flexibility index (Phi) is 4.63. The van der Waals surface area contributed by atoms with Crippen molar-refractivity contribution in [2.24, 2.45) is 5.92 Å². The SMILES string of the molecule is CC1CCN(C(=O)NCC2CCCCO2)C1C(=O)O. The number of carboxylic acid groups (broad SMARTS) is 1. The number of aliphatic carboxylic acids is 1. The molecule has 2 fully saturated rings. The van der Waals surface area contributed by atoms with Crippen molar-refractivity contribution in [1.29, 1.82) is 0 Å². The van der Waals surface area contributed by atoms with Gasteiger partial charge in [0.05, 0.1) is 6.10 Å². The minimum absolute atomic E-state index is 0.00850. The van der Waals surface area contributed by atoms with Crippen LogP contribution in [0.15, 0.2) is 0 Å². The van der Waals surface area contributed by atoms with Gasteiger partial charge in [0.25, 0.3) is 0 Å². The van der Waals surface area contributed by atoms with E-state index in [0.717, 1.165) is 32.3 Å². The lowest BCUT2D eigenvalue weighted by Gasteiger charge is -2.26. The fourth-order valence-corrected chi connectivity index (χ4v) is 2.82. The number of nitrogens with zero attached hydrogens (tertiary/aromatic N) is 1. The van der Waals surface area contributed by atoms with Gasteiger partial charge in [-0.2, -0.15) is 0 Å². The van der Waals surface area contributed by atoms with Gasteiger partial charge in [0.15, 0.2) is 0 Å². The van der Waals surface area contributed by atoms with Gasteiger partial charge in [0.2, 0.25) is 0 Å². The maximum Gasteiger partial charge on any atom is 0.326 e. The molecule has 0 aliphatic carbocycles. The molecule has 19 heavy (non-hydrogen) atoms. The standard InChI is InChI=1S/C13H22N2O4/c1-9-5-6-15(11(9)12(16)17)13(18)14-8-10-4-2-3-7-19-10/h9-11H,2-8H2,1H3,(H,14,18)(H,16,17). The van der Waals surface area contributed by atoms with E-state index < -0.39 is 12.0 Å². The van der Waals surface area contributed by atoms with Gasteiger partial charge in [0, 0.05) is 19.7 Å². The summed E-state index contributed by atoms with van der Waals surface area (Å²) in [5, 5.41) is 12.0. The number of urea groups is 1. The number of amides is 2. The molecule has 0 aromatic carbocycles. The van der Waals surface area contributed by atoms with Crippen LogP contribution in [0.4, 0.5) is 4.79 Å². The summed E-state index contributed by atoms with van der Waals surface area (Å²) in [5.41, 5.74) is 0. The van der Waals surface area contributed by atoms with Crippen molar-refractivity contribution < 1.29 is 19.4 Å². The average Bonchev–Trinajstić information content (AvgIpc) is 2.79. The van der Waals surface area contributed by atoms with Crippen molar-refractivity contribution in [3.63, 3.8) is 0 Å². The van der Waals surface area contributed by atoms with Gasteiger partial charge >= 0.3 is 12.0 Å². The van der Waals surface area contributed by atoms with E-state index in [1.54, 1.807) is 0 Å². The van der Waals surface area contributed by atoms with Gasteiger partial charge in [0.1, 0.15) is 6.04 Å². The van der Waals surface area contributed by atoms with E-state index in [1.165, 1.54) is 4.90 Å². The molecule has 2 amide bonds. The van der Waals surface area contributed by atoms with E-state index in [2.05, 4.69) is 5.32 Å². The molecule has 2 rings (SSSR count). The number of rotatable bonds is 3. The van der Waals surface area contributed by atoms with Crippen LogP contribution in [0.3, 0.4) is 0 Å². The summed E-state index contributed by atoms with van der Waals surface area (Å²) in [6.07, 6.45) is 3.97. The molecule has 2 aliphatic heterocycles. The van der Waals surface area contributed by atoms with Crippen molar-refractivity contribution in [3.8, 4) is 0 Å². The Hall–Kier alpha value is -1.30. The molecular weight excluding hydrogens is 248 g/mol. The predicted molar refractivity (Wildman–Crippen MR) is 68.9 cm³/mol. The third kappa shape index (κ3) is 3.37. The molecule has 2 heterocycles. The Labute approximate surface area is 113 Å². The molecular formula is C13H22N2O4. The highest BCUT2D eigenvalue weighted by atomic mass is 16.5. The molecule has 0 aromatic heterocycles. The molecule has 0 radical (unpaired) electrons. The normalized spacial score (nSPS) is 31.2. The van der Waals surface area contributed by atoms with Crippen LogP contribution in [-0.4, -0.2) is 53.8 Å². The van der Waals surface area contributed by atoms with Crippen LogP contribution in [0, 0.1) is 5.92 Å². The highest BCUT2D eigenvalue weighted by Crippen LogP contribution is 2.24. The van der Waals surface area contributed by atoms with E-state index in [0.29, 0.717) is 13.1 Å². The van der Waals surface area contributed by atoms with Gasteiger partial charge < -0.3 is 20.1 Å². The third-order valence-electron chi connectivity index (χ3n) is 3.97. The number of ether oxygens (including phenoxy) is 1. The summed E-state index contributed by atoms with van der Waals surface area (Å²) >= 11 is 0. The lowest BCUT2D eigenvalue weighted by molar-refractivity contribution is -0.142. The predicted octanol–water partition coefficient (Wildman–Crippen LogP) is 1.06. The maximum atomic E-state index is 12.0. The second-order valence-corrected chi connectivity index (χ2v) is 5.42. The summed E-state index contributed by atoms with van der Waals surface area (Å²) in [7, 11) is 0. The second-order valence-electron chi connectivity index (χ2n) is 5.42. The molecule has 2 N–H and O–H groups in total. The maximum absolute atomic E-state index is 12.0. The number of hydrogen-bond donors (Lipinski definition) is 2. The van der Waals surface area contributed by atoms with E-state index >= 15 is 0 Å². The second kappa shape index (κ2) is 6.23. The summed E-state index contributed by atoms with van der Waals surface area (Å²) in [6.45, 7) is 3.60. The van der Waals surface area contributed by atoms with Crippen LogP contribution in [-0.2, 0) is 9.53 Å². The number of nitrogens with one attached hydrogen (secondary N) is 1. The number of carbonyl (C=O) groups excluding carboxylic acids is 1. The van der Waals surface area contributed by atoms with Crippen molar-refractivity contribution >= 4 is 12.0 Å². The van der Waals surface area contributed by atoms with E-state index in [9.17, 15) is 14.7 Å². The van der Waals surface area contributed by atoms with Crippen molar-refractivity contribution in [3.05, 3.63) is 0 Å². The lowest BCUT2D eigenvalue weighted by Crippen LogP contribution is -2.49. The zero-order valence-electron chi connectivity index (χ0n) is 11.3. The van der Waals surface area contributed by atoms with E-state index in [-0.39, 0.29) is 18.1 Å². The molecule has 108 valence electrons. The third-order valence-corrected chi connectivity index (χ3v) is 3.97. The van der Waals surface area contributed by atoms with Gasteiger partial charge in [-0.05, 0) is 31.6 Å². The lowest BCUT2D eigenvalue weighted by atomic mass is 10.0. The first-order valence-electron chi connectivity index (χ1n) is 6.98. The fraction of sp³-hybridized carbons (Fsp3) is 0.846. The summed E-state index contributed by atoms with van der Waals surface area (Å²) in [4.78, 5) is 24.7. The fourth-order valence-electron chi connectivity index (χ4n) is 2.82. The number of likely N-dealkylation sites (tertiary alicyclic amines) is 1. The van der Waals surface area contributed by atoms with Gasteiger partial charge in [-0.3, -0.25) is 0 Å². The van der Waals surface area contributed by atoms with Gasteiger partial charge in [-0.15, -0.1) is 0 Å². The molecule has 2 aliphatic rings. The largest absolute Gasteiger partial charge is 0.480 e. The van der Waals surface area contributed by atoms with Gasteiger partial charge in [-0.1, -0.05) is 6.92 Å². The molecule has 2 saturated heterocycles. The number of hydrogen-bond acceptors (Lipinski definition) is 3. The zero-order valence-corrected chi connectivity index (χ0v) is 11.3. The van der Waals surface area contributed by atoms with E-state index in [1.807, 2.05) is 6.92 Å². The summed E-state index contributed by atoms with van der Waals surface area (Å²) < 4.78 is 5.54. The molecule has 0 saturated carbocycles. The van der Waals surface area contributed by atoms with Crippen molar-refractivity contribution in [1.82, 2.24) is 10.2 Å². The van der Waals surface area contributed by atoms with Crippen molar-refractivity contribution in [2.75, 3.05) is 19.7 Å². The smallest absolute Gasteiger partial charge is 0.326 e. The van der Waals surface area contributed by atoms with Crippen LogP contribution in [0.25, 0.3) is 0 Å². The molecule has 3 atom stereocenters. The van der Waals surface area contributed by atoms with Crippen LogP contribution >= 0.6 is 0 Å². The molecule has 6 nitrogen and oxygen atoms in total. The Balaban J connectivity index is 1.83. The highest BCUT2D eigenvalue weighted by molar-refractivity contribution is 5.83. The quantitative estimate of drug-likeness (QED) is 0.803. The van der Waals surface area contributed by atoms with Gasteiger partial charge in [-0.25, -0.2) is 9.59 Å². The van der Waals surface area contributed by atoms with Crippen LogP contribution < -0.4 is 5.32 Å². The topological polar surface area (TPSA) is 78.9 Å². The average molecular weight is 270 g/mol.